The molecule has 1 aliphatic heterocycles. The van der Waals surface area contributed by atoms with Crippen LogP contribution in [0.5, 0.6) is 0 Å². The number of halogens is 1. The van der Waals surface area contributed by atoms with E-state index in [1.807, 2.05) is 0 Å². The van der Waals surface area contributed by atoms with E-state index in [9.17, 15) is 0 Å². The van der Waals surface area contributed by atoms with Crippen molar-refractivity contribution in [2.45, 2.75) is 17.9 Å². The van der Waals surface area contributed by atoms with Gasteiger partial charge < -0.3 is 9.47 Å². The van der Waals surface area contributed by atoms with Gasteiger partial charge in [-0.15, -0.1) is 11.6 Å². The molecule has 0 N–H and O–H groups in total. The molecule has 2 atom stereocenters. The first-order valence-corrected chi connectivity index (χ1v) is 3.53. The van der Waals surface area contributed by atoms with E-state index in [-0.39, 0.29) is 11.5 Å². The first-order valence-electron chi connectivity index (χ1n) is 3.09. The van der Waals surface area contributed by atoms with Gasteiger partial charge >= 0.3 is 0 Å². The quantitative estimate of drug-likeness (QED) is 0.520. The van der Waals surface area contributed by atoms with Crippen LogP contribution in [-0.2, 0) is 9.47 Å². The van der Waals surface area contributed by atoms with E-state index in [0.717, 1.165) is 13.0 Å². The Hall–Kier alpha value is 0.210. The molecule has 0 bridgehead atoms. The summed E-state index contributed by atoms with van der Waals surface area (Å²) < 4.78 is 10.2. The van der Waals surface area contributed by atoms with E-state index < -0.39 is 0 Å². The molecular weight excluding hydrogens is 140 g/mol. The Morgan fingerprint density at radius 2 is 2.44 bits per heavy atom. The lowest BCUT2D eigenvalue weighted by Crippen LogP contribution is -2.34. The van der Waals surface area contributed by atoms with Crippen molar-refractivity contribution in [3.8, 4) is 0 Å². The first-order chi connectivity index (χ1) is 4.34. The average Bonchev–Trinajstić information content (AvgIpc) is 1.89. The van der Waals surface area contributed by atoms with Crippen LogP contribution in [0.25, 0.3) is 0 Å². The molecule has 9 heavy (non-hydrogen) atoms. The zero-order valence-corrected chi connectivity index (χ0v) is 6.23. The highest BCUT2D eigenvalue weighted by Gasteiger charge is 2.22. The smallest absolute Gasteiger partial charge is 0.0968 e. The summed E-state index contributed by atoms with van der Waals surface area (Å²) in [6, 6.07) is 0. The Morgan fingerprint density at radius 3 is 2.89 bits per heavy atom. The van der Waals surface area contributed by atoms with Crippen LogP contribution in [0.1, 0.15) is 6.42 Å². The molecule has 2 nitrogen and oxygen atoms in total. The molecule has 0 amide bonds. The largest absolute Gasteiger partial charge is 0.379 e. The Bertz CT molecular complexity index is 87.1. The maximum Gasteiger partial charge on any atom is 0.0968 e. The summed E-state index contributed by atoms with van der Waals surface area (Å²) in [4.78, 5) is 0. The SMILES string of the molecule is COC1COCCC1Cl. The van der Waals surface area contributed by atoms with E-state index in [2.05, 4.69) is 0 Å². The van der Waals surface area contributed by atoms with Crippen LogP contribution in [0.4, 0.5) is 0 Å². The van der Waals surface area contributed by atoms with Gasteiger partial charge in [0, 0.05) is 13.7 Å². The van der Waals surface area contributed by atoms with Gasteiger partial charge in [-0.05, 0) is 6.42 Å². The predicted molar refractivity (Wildman–Crippen MR) is 35.9 cm³/mol. The van der Waals surface area contributed by atoms with Crippen molar-refractivity contribution in [2.75, 3.05) is 20.3 Å². The highest BCUT2D eigenvalue weighted by molar-refractivity contribution is 6.21. The monoisotopic (exact) mass is 150 g/mol. The van der Waals surface area contributed by atoms with Gasteiger partial charge in [-0.2, -0.15) is 0 Å². The molecule has 2 unspecified atom stereocenters. The van der Waals surface area contributed by atoms with Gasteiger partial charge in [0.05, 0.1) is 18.1 Å². The van der Waals surface area contributed by atoms with Gasteiger partial charge in [0.25, 0.3) is 0 Å². The molecule has 0 saturated carbocycles. The number of ether oxygens (including phenoxy) is 2. The lowest BCUT2D eigenvalue weighted by atomic mass is 10.2. The molecule has 1 heterocycles. The third-order valence-corrected chi connectivity index (χ3v) is 2.03. The molecule has 0 aromatic rings. The molecule has 0 aliphatic carbocycles. The fraction of sp³-hybridized carbons (Fsp3) is 1.00. The normalized spacial score (nSPS) is 36.7. The summed E-state index contributed by atoms with van der Waals surface area (Å²) in [5.74, 6) is 0. The molecule has 3 heteroatoms. The van der Waals surface area contributed by atoms with E-state index in [1.165, 1.54) is 0 Å². The van der Waals surface area contributed by atoms with Gasteiger partial charge in [-0.25, -0.2) is 0 Å². The van der Waals surface area contributed by atoms with Crippen LogP contribution in [0.2, 0.25) is 0 Å². The van der Waals surface area contributed by atoms with E-state index in [4.69, 9.17) is 21.1 Å². The summed E-state index contributed by atoms with van der Waals surface area (Å²) in [5.41, 5.74) is 0. The second-order valence-electron chi connectivity index (χ2n) is 2.15. The molecular formula is C6H11ClO2. The highest BCUT2D eigenvalue weighted by Crippen LogP contribution is 2.15. The van der Waals surface area contributed by atoms with Gasteiger partial charge in [0.15, 0.2) is 0 Å². The molecule has 0 spiro atoms. The summed E-state index contributed by atoms with van der Waals surface area (Å²) in [5, 5.41) is 0.142. The minimum atomic E-state index is 0.0976. The summed E-state index contributed by atoms with van der Waals surface area (Å²) in [6.07, 6.45) is 1.00. The van der Waals surface area contributed by atoms with Crippen molar-refractivity contribution in [1.29, 1.82) is 0 Å². The van der Waals surface area contributed by atoms with Crippen molar-refractivity contribution in [3.63, 3.8) is 0 Å². The standard InChI is InChI=1S/C6H11ClO2/c1-8-6-4-9-3-2-5(6)7/h5-6H,2-4H2,1H3. The van der Waals surface area contributed by atoms with Gasteiger partial charge in [-0.1, -0.05) is 0 Å². The fourth-order valence-electron chi connectivity index (χ4n) is 0.901. The molecule has 1 saturated heterocycles. The van der Waals surface area contributed by atoms with Gasteiger partial charge in [-0.3, -0.25) is 0 Å². The summed E-state index contributed by atoms with van der Waals surface area (Å²) in [7, 11) is 1.66. The second-order valence-corrected chi connectivity index (χ2v) is 2.71. The van der Waals surface area contributed by atoms with Crippen LogP contribution in [-0.4, -0.2) is 31.8 Å². The van der Waals surface area contributed by atoms with E-state index in [0.29, 0.717) is 6.61 Å². The van der Waals surface area contributed by atoms with Crippen molar-refractivity contribution in [3.05, 3.63) is 0 Å². The number of hydrogen-bond donors (Lipinski definition) is 0. The van der Waals surface area contributed by atoms with Crippen LogP contribution >= 0.6 is 11.6 Å². The van der Waals surface area contributed by atoms with Crippen molar-refractivity contribution >= 4 is 11.6 Å². The van der Waals surface area contributed by atoms with Gasteiger partial charge in [0.2, 0.25) is 0 Å². The highest BCUT2D eigenvalue weighted by atomic mass is 35.5. The van der Waals surface area contributed by atoms with Crippen LogP contribution < -0.4 is 0 Å². The second kappa shape index (κ2) is 3.40. The third kappa shape index (κ3) is 1.81. The van der Waals surface area contributed by atoms with Crippen molar-refractivity contribution in [2.24, 2.45) is 0 Å². The lowest BCUT2D eigenvalue weighted by molar-refractivity contribution is -0.0261. The van der Waals surface area contributed by atoms with Gasteiger partial charge in [0.1, 0.15) is 0 Å². The molecule has 0 aromatic heterocycles. The number of alkyl halides is 1. The summed E-state index contributed by atoms with van der Waals surface area (Å²) >= 11 is 5.88. The minimum Gasteiger partial charge on any atom is -0.379 e. The predicted octanol–water partition coefficient (Wildman–Crippen LogP) is 1.03. The summed E-state index contributed by atoms with van der Waals surface area (Å²) in [6.45, 7) is 1.42. The molecule has 0 aromatic carbocycles. The van der Waals surface area contributed by atoms with E-state index in [1.54, 1.807) is 7.11 Å². The third-order valence-electron chi connectivity index (χ3n) is 1.53. The first kappa shape index (κ1) is 7.32. The Kier molecular flexibility index (Phi) is 2.76. The maximum atomic E-state index is 5.88. The molecule has 1 aliphatic rings. The number of methoxy groups -OCH3 is 1. The Morgan fingerprint density at radius 1 is 1.67 bits per heavy atom. The van der Waals surface area contributed by atoms with Crippen LogP contribution in [0.3, 0.4) is 0 Å². The number of hydrogen-bond acceptors (Lipinski definition) is 2. The minimum absolute atomic E-state index is 0.0976. The zero-order valence-electron chi connectivity index (χ0n) is 5.47. The van der Waals surface area contributed by atoms with Crippen LogP contribution in [0, 0.1) is 0 Å². The fourth-order valence-corrected chi connectivity index (χ4v) is 1.17. The maximum absolute atomic E-state index is 5.88. The molecule has 1 fully saturated rings. The average molecular weight is 151 g/mol. The zero-order chi connectivity index (χ0) is 6.69. The lowest BCUT2D eigenvalue weighted by Gasteiger charge is -2.25. The van der Waals surface area contributed by atoms with Crippen LogP contribution in [0.15, 0.2) is 0 Å². The topological polar surface area (TPSA) is 18.5 Å². The molecule has 1 rings (SSSR count). The Balaban J connectivity index is 2.30. The van der Waals surface area contributed by atoms with Crippen molar-refractivity contribution < 1.29 is 9.47 Å². The Labute approximate surface area is 60.1 Å². The van der Waals surface area contributed by atoms with Crippen molar-refractivity contribution in [1.82, 2.24) is 0 Å². The number of rotatable bonds is 1. The van der Waals surface area contributed by atoms with E-state index >= 15 is 0 Å². The molecule has 54 valence electrons. The molecule has 0 radical (unpaired) electrons.